The van der Waals surface area contributed by atoms with Crippen LogP contribution in [0, 0.1) is 0 Å². The van der Waals surface area contributed by atoms with Gasteiger partial charge < -0.3 is 29.1 Å². The van der Waals surface area contributed by atoms with E-state index in [-0.39, 0.29) is 37.2 Å². The highest BCUT2D eigenvalue weighted by molar-refractivity contribution is 7.21. The number of hydrogen-bond acceptors (Lipinski definition) is 6. The van der Waals surface area contributed by atoms with Crippen LogP contribution in [0.2, 0.25) is 0 Å². The number of hydrogen-bond donors (Lipinski definition) is 1. The molecular weight excluding hydrogens is 663 g/mol. The minimum Gasteiger partial charge on any atom is -0.489 e. The van der Waals surface area contributed by atoms with Crippen LogP contribution in [0.4, 0.5) is 5.69 Å². The van der Waals surface area contributed by atoms with Crippen LogP contribution in [0.5, 0.6) is 5.75 Å². The third kappa shape index (κ3) is 7.79. The first-order chi connectivity index (χ1) is 21.2. The van der Waals surface area contributed by atoms with Gasteiger partial charge in [-0.15, -0.1) is 48.6 Å². The highest BCUT2D eigenvalue weighted by Gasteiger charge is 2.32. The second kappa shape index (κ2) is 17.1. The molecule has 0 spiro atoms. The average Bonchev–Trinajstić information content (AvgIpc) is 3.54. The van der Waals surface area contributed by atoms with Crippen LogP contribution >= 0.6 is 48.6 Å². The van der Waals surface area contributed by atoms with Gasteiger partial charge in [-0.2, -0.15) is 0 Å². The van der Waals surface area contributed by atoms with Crippen LogP contribution in [-0.2, 0) is 6.54 Å². The molecule has 0 bridgehead atoms. The number of rotatable bonds is 9. The zero-order valence-corrected chi connectivity index (χ0v) is 30.2. The molecule has 0 unspecified atom stereocenters. The van der Waals surface area contributed by atoms with E-state index in [0.29, 0.717) is 17.4 Å². The van der Waals surface area contributed by atoms with Gasteiger partial charge in [-0.05, 0) is 94.4 Å². The lowest BCUT2D eigenvalue weighted by Gasteiger charge is -2.34. The molecule has 256 valence electrons. The number of para-hydroxylation sites is 1. The maximum Gasteiger partial charge on any atom is 0.345 e. The molecule has 3 aromatic rings. The van der Waals surface area contributed by atoms with Gasteiger partial charge in [0, 0.05) is 31.7 Å². The molecule has 1 N–H and O–H groups in total. The number of carboxylic acids is 1. The van der Waals surface area contributed by atoms with Crippen LogP contribution in [0.3, 0.4) is 0 Å². The Hall–Kier alpha value is -1.68. The van der Waals surface area contributed by atoms with Gasteiger partial charge in [0.15, 0.2) is 5.75 Å². The van der Waals surface area contributed by atoms with Gasteiger partial charge >= 0.3 is 5.97 Å². The molecule has 7 nitrogen and oxygen atoms in total. The van der Waals surface area contributed by atoms with Crippen molar-refractivity contribution in [1.82, 2.24) is 14.4 Å². The van der Waals surface area contributed by atoms with Crippen molar-refractivity contribution in [3.63, 3.8) is 0 Å². The van der Waals surface area contributed by atoms with Gasteiger partial charge in [-0.3, -0.25) is 0 Å². The zero-order valence-electron chi connectivity index (χ0n) is 26.9. The first-order valence-electron chi connectivity index (χ1n) is 17.0. The largest absolute Gasteiger partial charge is 0.489 e. The maximum atomic E-state index is 12.0. The molecule has 7 rings (SSSR count). The third-order valence-corrected chi connectivity index (χ3v) is 11.6. The van der Waals surface area contributed by atoms with Crippen molar-refractivity contribution in [3.05, 3.63) is 34.7 Å². The molecule has 0 radical (unpaired) electrons. The lowest BCUT2D eigenvalue weighted by atomic mass is 9.83. The number of piperidine rings is 2. The third-order valence-electron chi connectivity index (χ3n) is 10.4. The first kappa shape index (κ1) is 37.1. The molecule has 1 aromatic carbocycles. The molecule has 2 aromatic heterocycles. The summed E-state index contributed by atoms with van der Waals surface area (Å²) in [5, 5.41) is 9.87. The lowest BCUT2D eigenvalue weighted by molar-refractivity contribution is 0.0702. The minimum absolute atomic E-state index is 0. The normalized spacial score (nSPS) is 19.0. The predicted molar refractivity (Wildman–Crippen MR) is 198 cm³/mol. The number of anilines is 1. The number of nitrogens with zero attached hydrogens (tertiary/aromatic N) is 4. The summed E-state index contributed by atoms with van der Waals surface area (Å²) in [6, 6.07) is 8.69. The Morgan fingerprint density at radius 3 is 2.07 bits per heavy atom. The molecule has 4 aliphatic rings. The van der Waals surface area contributed by atoms with Gasteiger partial charge in [0.2, 0.25) is 0 Å². The topological polar surface area (TPSA) is 61.2 Å². The van der Waals surface area contributed by atoms with Crippen LogP contribution in [-0.4, -0.2) is 84.4 Å². The Labute approximate surface area is 296 Å². The number of thiophene rings is 1. The fourth-order valence-electron chi connectivity index (χ4n) is 8.14. The quantitative estimate of drug-likeness (QED) is 0.240. The van der Waals surface area contributed by atoms with E-state index in [1.165, 1.54) is 135 Å². The lowest BCUT2D eigenvalue weighted by Crippen LogP contribution is -2.42. The summed E-state index contributed by atoms with van der Waals surface area (Å²) in [7, 11) is 0. The Morgan fingerprint density at radius 2 is 1.46 bits per heavy atom. The number of aromatic nitrogens is 1. The summed E-state index contributed by atoms with van der Waals surface area (Å²) in [4.78, 5) is 20.4. The van der Waals surface area contributed by atoms with E-state index in [2.05, 4.69) is 37.5 Å². The van der Waals surface area contributed by atoms with Crippen molar-refractivity contribution in [2.45, 2.75) is 83.1 Å². The van der Waals surface area contributed by atoms with E-state index in [9.17, 15) is 9.90 Å². The van der Waals surface area contributed by atoms with Crippen molar-refractivity contribution in [1.29, 1.82) is 0 Å². The van der Waals surface area contributed by atoms with Crippen molar-refractivity contribution < 1.29 is 14.6 Å². The maximum absolute atomic E-state index is 12.0. The van der Waals surface area contributed by atoms with Crippen LogP contribution < -0.4 is 9.64 Å². The summed E-state index contributed by atoms with van der Waals surface area (Å²) >= 11 is 1.48. The molecule has 2 saturated heterocycles. The fraction of sp³-hybridized carbons (Fsp3) is 0.629. The summed E-state index contributed by atoms with van der Waals surface area (Å²) in [5.74, 6) is 0.673. The van der Waals surface area contributed by atoms with E-state index < -0.39 is 5.97 Å². The van der Waals surface area contributed by atoms with E-state index in [1.54, 1.807) is 0 Å². The highest BCUT2D eigenvalue weighted by atomic mass is 35.5. The number of aromatic carboxylic acids is 1. The molecule has 11 heteroatoms. The number of benzene rings is 1. The summed E-state index contributed by atoms with van der Waals surface area (Å²) in [6.45, 7) is 10.4. The average molecular weight is 714 g/mol. The SMILES string of the molecule is Cl.Cl.Cl.O=C(O)c1cc2c(s1)c(C1CCCCC1)c1n2CCOc2c-1cccc2N(CCN1CCCCC1)CCN1CCCCC1. The number of fused-ring (bicyclic) bond motifs is 5. The number of halogens is 3. The molecule has 3 fully saturated rings. The standard InChI is InChI=1S/C35H48N4O3S.3ClH/c40-35(41)30-25-29-34(43-30)31(26-11-4-1-5-12-26)32-27-13-10-14-28(33(27)42-24-23-39(29)32)38(21-19-36-15-6-2-7-16-36)22-20-37-17-8-3-9-18-37;;;/h10,13-14,25-26H,1-9,11-12,15-24H2,(H,40,41);3*1H. The Bertz CT molecular complexity index is 1410. The molecule has 0 amide bonds. The monoisotopic (exact) mass is 712 g/mol. The number of carboxylic acid groups (broad SMARTS) is 1. The van der Waals surface area contributed by atoms with Crippen molar-refractivity contribution >= 4 is 70.4 Å². The Morgan fingerprint density at radius 1 is 0.848 bits per heavy atom. The summed E-state index contributed by atoms with van der Waals surface area (Å²) < 4.78 is 10.3. The van der Waals surface area contributed by atoms with Gasteiger partial charge in [0.1, 0.15) is 11.5 Å². The molecule has 46 heavy (non-hydrogen) atoms. The van der Waals surface area contributed by atoms with Gasteiger partial charge in [-0.25, -0.2) is 4.79 Å². The highest BCUT2D eigenvalue weighted by Crippen LogP contribution is 2.51. The van der Waals surface area contributed by atoms with Crippen molar-refractivity contribution in [3.8, 4) is 17.0 Å². The predicted octanol–water partition coefficient (Wildman–Crippen LogP) is 8.55. The zero-order chi connectivity index (χ0) is 29.2. The first-order valence-corrected chi connectivity index (χ1v) is 17.8. The Kier molecular flexibility index (Phi) is 13.8. The van der Waals surface area contributed by atoms with Crippen molar-refractivity contribution in [2.75, 3.05) is 63.9 Å². The number of likely N-dealkylation sites (tertiary alicyclic amines) is 2. The van der Waals surface area contributed by atoms with Gasteiger partial charge in [-0.1, -0.05) is 38.2 Å². The molecule has 1 saturated carbocycles. The van der Waals surface area contributed by atoms with E-state index >= 15 is 0 Å². The van der Waals surface area contributed by atoms with Crippen LogP contribution in [0.15, 0.2) is 24.3 Å². The summed E-state index contributed by atoms with van der Waals surface area (Å²) in [6.07, 6.45) is 14.2. The number of ether oxygens (including phenoxy) is 1. The van der Waals surface area contributed by atoms with E-state index in [4.69, 9.17) is 4.74 Å². The van der Waals surface area contributed by atoms with Gasteiger partial charge in [0.25, 0.3) is 0 Å². The minimum atomic E-state index is -0.823. The number of carbonyl (C=O) groups is 1. The van der Waals surface area contributed by atoms with E-state index in [1.807, 2.05) is 6.07 Å². The molecule has 3 aliphatic heterocycles. The second-order valence-electron chi connectivity index (χ2n) is 13.2. The van der Waals surface area contributed by atoms with Crippen molar-refractivity contribution in [2.24, 2.45) is 0 Å². The second-order valence-corrected chi connectivity index (χ2v) is 14.2. The molecule has 0 atom stereocenters. The Balaban J connectivity index is 0.00000160. The molecule has 5 heterocycles. The van der Waals surface area contributed by atoms with Crippen LogP contribution in [0.1, 0.15) is 91.8 Å². The summed E-state index contributed by atoms with van der Waals surface area (Å²) in [5.41, 5.74) is 6.16. The van der Waals surface area contributed by atoms with E-state index in [0.717, 1.165) is 44.0 Å². The smallest absolute Gasteiger partial charge is 0.345 e. The molecule has 1 aliphatic carbocycles. The van der Waals surface area contributed by atoms with Gasteiger partial charge in [0.05, 0.1) is 28.1 Å². The fourth-order valence-corrected chi connectivity index (χ4v) is 9.27. The molecular formula is C35H51Cl3N4O3S. The van der Waals surface area contributed by atoms with Crippen LogP contribution in [0.25, 0.3) is 21.5 Å².